The van der Waals surface area contributed by atoms with Crippen molar-refractivity contribution in [1.82, 2.24) is 0 Å². The first kappa shape index (κ1) is 15.3. The molecular weight excluding hydrogens is 250 g/mol. The van der Waals surface area contributed by atoms with Crippen molar-refractivity contribution in [3.8, 4) is 17.2 Å². The molecule has 0 saturated carbocycles. The minimum Gasteiger partial charge on any atom is -0.493 e. The Hall–Kier alpha value is -1.79. The number of carbonyl (C=O) groups excluding carboxylic acids is 1. The van der Waals surface area contributed by atoms with Gasteiger partial charge in [-0.15, -0.1) is 0 Å². The van der Waals surface area contributed by atoms with Crippen LogP contribution in [0.25, 0.3) is 0 Å². The van der Waals surface area contributed by atoms with Gasteiger partial charge in [0.2, 0.25) is 5.75 Å². The third-order valence-electron chi connectivity index (χ3n) is 2.50. The molecule has 0 aliphatic rings. The van der Waals surface area contributed by atoms with Gasteiger partial charge in [0, 0.05) is 13.0 Å². The second-order valence-corrected chi connectivity index (χ2v) is 4.07. The maximum atomic E-state index is 11.1. The number of methoxy groups -OCH3 is 2. The third-order valence-corrected chi connectivity index (χ3v) is 2.50. The van der Waals surface area contributed by atoms with Gasteiger partial charge >= 0.3 is 5.97 Å². The number of benzene rings is 1. The van der Waals surface area contributed by atoms with Crippen LogP contribution in [0.2, 0.25) is 0 Å². The number of aliphatic hydroxyl groups is 1. The average molecular weight is 269 g/mol. The molecule has 0 fully saturated rings. The van der Waals surface area contributed by atoms with E-state index in [9.17, 15) is 4.79 Å². The van der Waals surface area contributed by atoms with Gasteiger partial charge in [-0.1, -0.05) is 0 Å². The molecule has 0 aromatic heterocycles. The molecule has 0 aliphatic heterocycles. The minimum atomic E-state index is -0.462. The van der Waals surface area contributed by atoms with E-state index in [0.717, 1.165) is 5.56 Å². The van der Waals surface area contributed by atoms with Crippen molar-refractivity contribution >= 4 is 5.97 Å². The largest absolute Gasteiger partial charge is 0.493 e. The predicted molar refractivity (Wildman–Crippen MR) is 69.6 cm³/mol. The smallest absolute Gasteiger partial charge is 0.308 e. The molecule has 0 bridgehead atoms. The highest BCUT2D eigenvalue weighted by atomic mass is 16.6. The van der Waals surface area contributed by atoms with Gasteiger partial charge in [-0.05, 0) is 24.1 Å². The van der Waals surface area contributed by atoms with Gasteiger partial charge in [0.15, 0.2) is 11.5 Å². The lowest BCUT2D eigenvalue weighted by atomic mass is 10.1. The number of ether oxygens (including phenoxy) is 3. The zero-order valence-corrected chi connectivity index (χ0v) is 11.3. The molecule has 6 heteroatoms. The Labute approximate surface area is 112 Å². The Balaban J connectivity index is 3.15. The summed E-state index contributed by atoms with van der Waals surface area (Å²) in [4.78, 5) is 11.1. The number of aliphatic hydroxyl groups excluding tert-OH is 1. The van der Waals surface area contributed by atoms with Crippen LogP contribution >= 0.6 is 0 Å². The van der Waals surface area contributed by atoms with Crippen molar-refractivity contribution in [2.45, 2.75) is 19.4 Å². The van der Waals surface area contributed by atoms with Crippen LogP contribution in [0.3, 0.4) is 0 Å². The van der Waals surface area contributed by atoms with Crippen molar-refractivity contribution in [2.75, 3.05) is 20.8 Å². The molecule has 1 aromatic carbocycles. The second kappa shape index (κ2) is 6.96. The summed E-state index contributed by atoms with van der Waals surface area (Å²) in [6.07, 6.45) is 0.462. The molecule has 1 rings (SSSR count). The van der Waals surface area contributed by atoms with E-state index in [4.69, 9.17) is 25.1 Å². The van der Waals surface area contributed by atoms with Crippen LogP contribution in [-0.2, 0) is 11.2 Å². The fourth-order valence-corrected chi connectivity index (χ4v) is 1.66. The minimum absolute atomic E-state index is 0.115. The summed E-state index contributed by atoms with van der Waals surface area (Å²) in [6.45, 7) is 1.19. The van der Waals surface area contributed by atoms with E-state index in [1.165, 1.54) is 21.1 Å². The Kier molecular flexibility index (Phi) is 5.59. The van der Waals surface area contributed by atoms with Crippen LogP contribution < -0.4 is 19.9 Å². The van der Waals surface area contributed by atoms with E-state index < -0.39 is 5.97 Å². The van der Waals surface area contributed by atoms with Crippen LogP contribution in [0.15, 0.2) is 12.1 Å². The summed E-state index contributed by atoms with van der Waals surface area (Å²) < 4.78 is 15.4. The molecule has 0 radical (unpaired) electrons. The molecule has 106 valence electrons. The number of hydrogen-bond acceptors (Lipinski definition) is 6. The molecular formula is C13H19NO5. The Morgan fingerprint density at radius 2 is 1.84 bits per heavy atom. The van der Waals surface area contributed by atoms with Gasteiger partial charge in [0.1, 0.15) is 0 Å². The first-order valence-electron chi connectivity index (χ1n) is 5.81. The maximum Gasteiger partial charge on any atom is 0.308 e. The lowest BCUT2D eigenvalue weighted by Crippen LogP contribution is -2.26. The zero-order chi connectivity index (χ0) is 14.4. The van der Waals surface area contributed by atoms with Crippen LogP contribution in [-0.4, -0.2) is 37.9 Å². The fourth-order valence-electron chi connectivity index (χ4n) is 1.66. The van der Waals surface area contributed by atoms with E-state index in [1.54, 1.807) is 12.1 Å². The molecule has 1 unspecified atom stereocenters. The van der Waals surface area contributed by atoms with Gasteiger partial charge < -0.3 is 25.1 Å². The summed E-state index contributed by atoms with van der Waals surface area (Å²) in [5.41, 5.74) is 6.51. The highest BCUT2D eigenvalue weighted by Crippen LogP contribution is 2.38. The standard InChI is InChI=1S/C13H19NO5/c1-8(16)19-13-11(17-2)5-9(4-10(14)7-15)6-12(13)18-3/h5-6,10,15H,4,7,14H2,1-3H3. The van der Waals surface area contributed by atoms with Gasteiger partial charge in [-0.25, -0.2) is 0 Å². The fraction of sp³-hybridized carbons (Fsp3) is 0.462. The number of nitrogens with two attached hydrogens (primary N) is 1. The maximum absolute atomic E-state index is 11.1. The van der Waals surface area contributed by atoms with Gasteiger partial charge in [0.25, 0.3) is 0 Å². The van der Waals surface area contributed by atoms with Crippen molar-refractivity contribution < 1.29 is 24.1 Å². The molecule has 6 nitrogen and oxygen atoms in total. The van der Waals surface area contributed by atoms with Crippen LogP contribution in [0, 0.1) is 0 Å². The topological polar surface area (TPSA) is 91.0 Å². The summed E-state index contributed by atoms with van der Waals surface area (Å²) in [5.74, 6) is 0.541. The Morgan fingerprint density at radius 3 is 2.21 bits per heavy atom. The highest BCUT2D eigenvalue weighted by Gasteiger charge is 2.17. The molecule has 0 spiro atoms. The summed E-state index contributed by atoms with van der Waals surface area (Å²) in [5, 5.41) is 8.97. The number of carbonyl (C=O) groups is 1. The molecule has 19 heavy (non-hydrogen) atoms. The van der Waals surface area contributed by atoms with Gasteiger partial charge in [-0.2, -0.15) is 0 Å². The lowest BCUT2D eigenvalue weighted by Gasteiger charge is -2.15. The van der Waals surface area contributed by atoms with Crippen LogP contribution in [0.1, 0.15) is 12.5 Å². The SMILES string of the molecule is COc1cc(CC(N)CO)cc(OC)c1OC(C)=O. The second-order valence-electron chi connectivity index (χ2n) is 4.07. The van der Waals surface area contributed by atoms with E-state index in [2.05, 4.69) is 0 Å². The van der Waals surface area contributed by atoms with E-state index in [-0.39, 0.29) is 18.4 Å². The molecule has 0 heterocycles. The number of hydrogen-bond donors (Lipinski definition) is 2. The van der Waals surface area contributed by atoms with E-state index in [0.29, 0.717) is 17.9 Å². The molecule has 3 N–H and O–H groups in total. The van der Waals surface area contributed by atoms with Crippen molar-refractivity contribution in [3.63, 3.8) is 0 Å². The van der Waals surface area contributed by atoms with E-state index >= 15 is 0 Å². The molecule has 0 saturated heterocycles. The quantitative estimate of drug-likeness (QED) is 0.577. The van der Waals surface area contributed by atoms with Crippen LogP contribution in [0.5, 0.6) is 17.2 Å². The van der Waals surface area contributed by atoms with Gasteiger partial charge in [0.05, 0.1) is 20.8 Å². The summed E-state index contributed by atoms with van der Waals surface area (Å²) in [6, 6.07) is 3.04. The monoisotopic (exact) mass is 269 g/mol. The average Bonchev–Trinajstić information content (AvgIpc) is 2.39. The van der Waals surface area contributed by atoms with Crippen molar-refractivity contribution in [2.24, 2.45) is 5.73 Å². The zero-order valence-electron chi connectivity index (χ0n) is 11.3. The summed E-state index contributed by atoms with van der Waals surface area (Å²) >= 11 is 0. The number of esters is 1. The highest BCUT2D eigenvalue weighted by molar-refractivity contribution is 5.72. The number of rotatable bonds is 6. The first-order valence-corrected chi connectivity index (χ1v) is 5.81. The van der Waals surface area contributed by atoms with Gasteiger partial charge in [-0.3, -0.25) is 4.79 Å². The third kappa shape index (κ3) is 4.11. The lowest BCUT2D eigenvalue weighted by molar-refractivity contribution is -0.132. The van der Waals surface area contributed by atoms with E-state index in [1.807, 2.05) is 0 Å². The molecule has 0 aliphatic carbocycles. The normalized spacial score (nSPS) is 11.8. The molecule has 1 atom stereocenters. The molecule has 0 amide bonds. The Bertz CT molecular complexity index is 422. The molecule has 1 aromatic rings. The summed E-state index contributed by atoms with van der Waals surface area (Å²) in [7, 11) is 2.94. The predicted octanol–water partition coefficient (Wildman–Crippen LogP) is 0.491. The first-order chi connectivity index (χ1) is 9.01. The van der Waals surface area contributed by atoms with Crippen molar-refractivity contribution in [1.29, 1.82) is 0 Å². The Morgan fingerprint density at radius 1 is 1.32 bits per heavy atom. The van der Waals surface area contributed by atoms with Crippen LogP contribution in [0.4, 0.5) is 0 Å². The van der Waals surface area contributed by atoms with Crippen molar-refractivity contribution in [3.05, 3.63) is 17.7 Å².